The van der Waals surface area contributed by atoms with Gasteiger partial charge in [-0.25, -0.2) is 18.1 Å². The molecule has 1 aromatic heterocycles. The van der Waals surface area contributed by atoms with Crippen molar-refractivity contribution in [3.8, 4) is 0 Å². The second kappa shape index (κ2) is 3.84. The Morgan fingerprint density at radius 3 is 2.69 bits per heavy atom. The van der Waals surface area contributed by atoms with Gasteiger partial charge in [0.15, 0.2) is 5.82 Å². The minimum atomic E-state index is -3.15. The smallest absolute Gasteiger partial charge is 0.211 e. The van der Waals surface area contributed by atoms with Crippen LogP contribution in [-0.4, -0.2) is 29.4 Å². The zero-order valence-corrected chi connectivity index (χ0v) is 8.35. The first-order valence-electron chi connectivity index (χ1n) is 3.88. The molecule has 0 radical (unpaired) electrons. The summed E-state index contributed by atoms with van der Waals surface area (Å²) in [5.41, 5.74) is 0. The van der Waals surface area contributed by atoms with Crippen LogP contribution in [0.1, 0.15) is 18.6 Å². The molecule has 0 saturated heterocycles. The van der Waals surface area contributed by atoms with Gasteiger partial charge in [0.1, 0.15) is 5.82 Å². The Kier molecular flexibility index (Phi) is 2.99. The lowest BCUT2D eigenvalue weighted by Crippen LogP contribution is -2.25. The van der Waals surface area contributed by atoms with E-state index < -0.39 is 10.0 Å². The van der Waals surface area contributed by atoms with Crippen LogP contribution in [0.15, 0.2) is 0 Å². The molecular formula is C6H12N4O2S. The number of sulfonamides is 1. The molecule has 1 heterocycles. The fourth-order valence-electron chi connectivity index (χ4n) is 0.745. The van der Waals surface area contributed by atoms with Crippen molar-refractivity contribution in [1.82, 2.24) is 19.9 Å². The predicted molar refractivity (Wildman–Crippen MR) is 47.4 cm³/mol. The Balaban J connectivity index is 2.53. The largest absolute Gasteiger partial charge is 0.263 e. The maximum Gasteiger partial charge on any atom is 0.211 e. The van der Waals surface area contributed by atoms with Crippen molar-refractivity contribution in [2.45, 2.75) is 20.4 Å². The van der Waals surface area contributed by atoms with Gasteiger partial charge in [0.05, 0.1) is 12.3 Å². The van der Waals surface area contributed by atoms with Gasteiger partial charge in [-0.3, -0.25) is 5.10 Å². The topological polar surface area (TPSA) is 87.7 Å². The molecule has 0 saturated carbocycles. The van der Waals surface area contributed by atoms with E-state index in [2.05, 4.69) is 19.9 Å². The molecule has 6 nitrogen and oxygen atoms in total. The maximum atomic E-state index is 11.0. The summed E-state index contributed by atoms with van der Waals surface area (Å²) in [6.07, 6.45) is 0. The molecule has 1 aromatic rings. The standard InChI is InChI=1S/C6H12N4O2S/c1-3-13(11,12)7-4-6-8-5(2)9-10-6/h7H,3-4H2,1-2H3,(H,8,9,10). The molecule has 0 fully saturated rings. The Bertz CT molecular complexity index is 370. The van der Waals surface area contributed by atoms with Crippen LogP contribution < -0.4 is 4.72 Å². The summed E-state index contributed by atoms with van der Waals surface area (Å²) in [4.78, 5) is 3.95. The van der Waals surface area contributed by atoms with E-state index in [4.69, 9.17) is 0 Å². The number of nitrogens with zero attached hydrogens (tertiary/aromatic N) is 2. The van der Waals surface area contributed by atoms with Gasteiger partial charge in [0.2, 0.25) is 10.0 Å². The Labute approximate surface area is 76.8 Å². The summed E-state index contributed by atoms with van der Waals surface area (Å²) in [5.74, 6) is 1.19. The van der Waals surface area contributed by atoms with Gasteiger partial charge >= 0.3 is 0 Å². The molecule has 13 heavy (non-hydrogen) atoms. The van der Waals surface area contributed by atoms with Gasteiger partial charge in [0.25, 0.3) is 0 Å². The molecule has 0 aliphatic rings. The fraction of sp³-hybridized carbons (Fsp3) is 0.667. The minimum absolute atomic E-state index is 0.0659. The molecule has 0 aromatic carbocycles. The summed E-state index contributed by atoms with van der Waals surface area (Å²) >= 11 is 0. The van der Waals surface area contributed by atoms with Crippen molar-refractivity contribution < 1.29 is 8.42 Å². The average Bonchev–Trinajstić information content (AvgIpc) is 2.48. The van der Waals surface area contributed by atoms with E-state index in [0.717, 1.165) is 0 Å². The Hall–Kier alpha value is -0.950. The van der Waals surface area contributed by atoms with Crippen molar-refractivity contribution in [3.63, 3.8) is 0 Å². The quantitative estimate of drug-likeness (QED) is 0.695. The second-order valence-corrected chi connectivity index (χ2v) is 4.66. The van der Waals surface area contributed by atoms with E-state index in [1.54, 1.807) is 13.8 Å². The van der Waals surface area contributed by atoms with Crippen molar-refractivity contribution in [2.24, 2.45) is 0 Å². The zero-order valence-electron chi connectivity index (χ0n) is 7.53. The molecule has 0 spiro atoms. The van der Waals surface area contributed by atoms with Gasteiger partial charge < -0.3 is 0 Å². The Morgan fingerprint density at radius 2 is 2.23 bits per heavy atom. The molecule has 0 aliphatic heterocycles. The summed E-state index contributed by atoms with van der Waals surface area (Å²) in [7, 11) is -3.15. The Morgan fingerprint density at radius 1 is 1.54 bits per heavy atom. The molecule has 0 unspecified atom stereocenters. The maximum absolute atomic E-state index is 11.0. The molecule has 0 amide bonds. The van der Waals surface area contributed by atoms with Crippen LogP contribution in [0.4, 0.5) is 0 Å². The molecule has 0 bridgehead atoms. The van der Waals surface area contributed by atoms with Gasteiger partial charge in [-0.15, -0.1) is 0 Å². The van der Waals surface area contributed by atoms with Gasteiger partial charge in [0, 0.05) is 0 Å². The SMILES string of the molecule is CCS(=O)(=O)NCc1n[nH]c(C)n1. The number of aromatic nitrogens is 3. The number of aryl methyl sites for hydroxylation is 1. The summed E-state index contributed by atoms with van der Waals surface area (Å²) < 4.78 is 24.4. The van der Waals surface area contributed by atoms with Crippen LogP contribution in [0.3, 0.4) is 0 Å². The van der Waals surface area contributed by atoms with E-state index in [9.17, 15) is 8.42 Å². The summed E-state index contributed by atoms with van der Waals surface area (Å²) in [5, 5.41) is 6.42. The van der Waals surface area contributed by atoms with Gasteiger partial charge in [-0.2, -0.15) is 5.10 Å². The van der Waals surface area contributed by atoms with Crippen LogP contribution in [0.5, 0.6) is 0 Å². The van der Waals surface area contributed by atoms with Gasteiger partial charge in [-0.1, -0.05) is 0 Å². The van der Waals surface area contributed by atoms with Crippen LogP contribution in [0.25, 0.3) is 0 Å². The highest BCUT2D eigenvalue weighted by Gasteiger charge is 2.07. The number of hydrogen-bond acceptors (Lipinski definition) is 4. The monoisotopic (exact) mass is 204 g/mol. The lowest BCUT2D eigenvalue weighted by atomic mass is 10.6. The van der Waals surface area contributed by atoms with Crippen LogP contribution >= 0.6 is 0 Å². The van der Waals surface area contributed by atoms with Crippen molar-refractivity contribution >= 4 is 10.0 Å². The van der Waals surface area contributed by atoms with Crippen molar-refractivity contribution in [2.75, 3.05) is 5.75 Å². The highest BCUT2D eigenvalue weighted by molar-refractivity contribution is 7.89. The van der Waals surface area contributed by atoms with Crippen LogP contribution in [-0.2, 0) is 16.6 Å². The number of nitrogens with one attached hydrogen (secondary N) is 2. The third-order valence-electron chi connectivity index (χ3n) is 1.47. The van der Waals surface area contributed by atoms with Crippen LogP contribution in [0.2, 0.25) is 0 Å². The molecule has 0 atom stereocenters. The highest BCUT2D eigenvalue weighted by Crippen LogP contribution is 1.91. The summed E-state index contributed by atoms with van der Waals surface area (Å²) in [6, 6.07) is 0. The first-order valence-corrected chi connectivity index (χ1v) is 5.54. The molecule has 2 N–H and O–H groups in total. The zero-order chi connectivity index (χ0) is 9.90. The first-order chi connectivity index (χ1) is 6.03. The lowest BCUT2D eigenvalue weighted by molar-refractivity contribution is 0.580. The molecule has 0 aliphatic carbocycles. The van der Waals surface area contributed by atoms with E-state index >= 15 is 0 Å². The van der Waals surface area contributed by atoms with Gasteiger partial charge in [-0.05, 0) is 13.8 Å². The molecule has 74 valence electrons. The third kappa shape index (κ3) is 3.11. The van der Waals surface area contributed by atoms with E-state index in [0.29, 0.717) is 11.6 Å². The molecule has 7 heteroatoms. The third-order valence-corrected chi connectivity index (χ3v) is 2.82. The number of aromatic amines is 1. The molecule has 1 rings (SSSR count). The summed E-state index contributed by atoms with van der Waals surface area (Å²) in [6.45, 7) is 3.47. The number of rotatable bonds is 4. The van der Waals surface area contributed by atoms with E-state index in [1.807, 2.05) is 0 Å². The average molecular weight is 204 g/mol. The lowest BCUT2D eigenvalue weighted by Gasteiger charge is -1.99. The second-order valence-electron chi connectivity index (χ2n) is 2.56. The minimum Gasteiger partial charge on any atom is -0.263 e. The normalized spacial score (nSPS) is 11.8. The predicted octanol–water partition coefficient (Wildman–Crippen LogP) is -0.448. The van der Waals surface area contributed by atoms with E-state index in [-0.39, 0.29) is 12.3 Å². The first kappa shape index (κ1) is 10.1. The fourth-order valence-corrected chi connectivity index (χ4v) is 1.30. The van der Waals surface area contributed by atoms with E-state index in [1.165, 1.54) is 0 Å². The van der Waals surface area contributed by atoms with Crippen LogP contribution in [0, 0.1) is 6.92 Å². The highest BCUT2D eigenvalue weighted by atomic mass is 32.2. The number of H-pyrrole nitrogens is 1. The molecular weight excluding hydrogens is 192 g/mol. The van der Waals surface area contributed by atoms with Crippen molar-refractivity contribution in [3.05, 3.63) is 11.6 Å². The van der Waals surface area contributed by atoms with Crippen molar-refractivity contribution in [1.29, 1.82) is 0 Å². The number of hydrogen-bond donors (Lipinski definition) is 2.